The summed E-state index contributed by atoms with van der Waals surface area (Å²) in [5, 5.41) is 2.77. The van der Waals surface area contributed by atoms with Crippen LogP contribution < -0.4 is 5.32 Å². The van der Waals surface area contributed by atoms with Crippen molar-refractivity contribution in [1.82, 2.24) is 10.2 Å². The van der Waals surface area contributed by atoms with E-state index in [9.17, 15) is 9.59 Å². The molecule has 3 rings (SSSR count). The summed E-state index contributed by atoms with van der Waals surface area (Å²) >= 11 is 0. The Morgan fingerprint density at radius 1 is 1.25 bits per heavy atom. The number of rotatable bonds is 4. The van der Waals surface area contributed by atoms with Crippen molar-refractivity contribution in [3.8, 4) is 0 Å². The fourth-order valence-corrected chi connectivity index (χ4v) is 3.92. The highest BCUT2D eigenvalue weighted by molar-refractivity contribution is 5.98. The number of hydrogen-bond acceptors (Lipinski definition) is 3. The average molecular weight is 280 g/mol. The lowest BCUT2D eigenvalue weighted by atomic mass is 9.91. The number of amides is 2. The van der Waals surface area contributed by atoms with Gasteiger partial charge in [-0.25, -0.2) is 0 Å². The molecule has 2 saturated heterocycles. The molecule has 5 nitrogen and oxygen atoms in total. The van der Waals surface area contributed by atoms with Crippen LogP contribution in [0.5, 0.6) is 0 Å². The van der Waals surface area contributed by atoms with Crippen LogP contribution in [0.15, 0.2) is 0 Å². The molecule has 0 aromatic carbocycles. The largest absolute Gasteiger partial charge is 0.378 e. The highest BCUT2D eigenvalue weighted by Crippen LogP contribution is 2.37. The first-order valence-electron chi connectivity index (χ1n) is 7.93. The van der Waals surface area contributed by atoms with Gasteiger partial charge in [0.05, 0.1) is 12.6 Å². The first-order chi connectivity index (χ1) is 9.72. The molecule has 0 bridgehead atoms. The lowest BCUT2D eigenvalue weighted by Crippen LogP contribution is -2.66. The molecule has 1 saturated carbocycles. The molecule has 2 aliphatic heterocycles. The van der Waals surface area contributed by atoms with Crippen LogP contribution in [-0.2, 0) is 14.3 Å². The van der Waals surface area contributed by atoms with Gasteiger partial charge in [-0.2, -0.15) is 0 Å². The van der Waals surface area contributed by atoms with Gasteiger partial charge in [-0.1, -0.05) is 12.8 Å². The number of piperazine rings is 1. The summed E-state index contributed by atoms with van der Waals surface area (Å²) < 4.78 is 5.62. The Morgan fingerprint density at radius 3 is 2.75 bits per heavy atom. The van der Waals surface area contributed by atoms with Gasteiger partial charge in [0.25, 0.3) is 0 Å². The van der Waals surface area contributed by atoms with Crippen molar-refractivity contribution >= 4 is 11.8 Å². The zero-order valence-corrected chi connectivity index (χ0v) is 12.0. The van der Waals surface area contributed by atoms with Gasteiger partial charge in [0.15, 0.2) is 0 Å². The third-order valence-corrected chi connectivity index (χ3v) is 5.00. The molecule has 0 radical (unpaired) electrons. The minimum Gasteiger partial charge on any atom is -0.378 e. The predicted octanol–water partition coefficient (Wildman–Crippen LogP) is 1.22. The van der Waals surface area contributed by atoms with E-state index in [0.717, 1.165) is 58.0 Å². The SMILES string of the molecule is O=C1CNC(=O)C2(CCCC2)N1CCCC1CCCO1. The topological polar surface area (TPSA) is 58.6 Å². The summed E-state index contributed by atoms with van der Waals surface area (Å²) in [7, 11) is 0. The molecule has 112 valence electrons. The second-order valence-corrected chi connectivity index (χ2v) is 6.24. The zero-order valence-electron chi connectivity index (χ0n) is 12.0. The number of nitrogens with zero attached hydrogens (tertiary/aromatic N) is 1. The Morgan fingerprint density at radius 2 is 2.05 bits per heavy atom. The van der Waals surface area contributed by atoms with Gasteiger partial charge in [0, 0.05) is 13.2 Å². The van der Waals surface area contributed by atoms with E-state index in [2.05, 4.69) is 5.32 Å². The number of carbonyl (C=O) groups excluding carboxylic acids is 2. The molecule has 5 heteroatoms. The molecule has 1 unspecified atom stereocenters. The highest BCUT2D eigenvalue weighted by Gasteiger charge is 2.50. The van der Waals surface area contributed by atoms with Crippen LogP contribution in [0.1, 0.15) is 51.4 Å². The van der Waals surface area contributed by atoms with Gasteiger partial charge in [0.2, 0.25) is 11.8 Å². The monoisotopic (exact) mass is 280 g/mol. The van der Waals surface area contributed by atoms with Crippen molar-refractivity contribution in [2.24, 2.45) is 0 Å². The van der Waals surface area contributed by atoms with Gasteiger partial charge < -0.3 is 15.0 Å². The smallest absolute Gasteiger partial charge is 0.246 e. The molecular formula is C15H24N2O3. The molecule has 20 heavy (non-hydrogen) atoms. The van der Waals surface area contributed by atoms with Crippen LogP contribution in [0, 0.1) is 0 Å². The maximum absolute atomic E-state index is 12.3. The molecule has 1 N–H and O–H groups in total. The fraction of sp³-hybridized carbons (Fsp3) is 0.867. The third kappa shape index (κ3) is 2.43. The van der Waals surface area contributed by atoms with Crippen molar-refractivity contribution < 1.29 is 14.3 Å². The minimum atomic E-state index is -0.536. The Kier molecular flexibility index (Phi) is 3.96. The molecule has 0 aromatic rings. The molecule has 1 aliphatic carbocycles. The molecule has 0 aromatic heterocycles. The second kappa shape index (κ2) is 5.72. The van der Waals surface area contributed by atoms with Crippen molar-refractivity contribution in [2.45, 2.75) is 63.0 Å². The van der Waals surface area contributed by atoms with Crippen LogP contribution >= 0.6 is 0 Å². The quantitative estimate of drug-likeness (QED) is 0.842. The summed E-state index contributed by atoms with van der Waals surface area (Å²) in [5.74, 6) is 0.144. The summed E-state index contributed by atoms with van der Waals surface area (Å²) in [6.07, 6.45) is 8.33. The van der Waals surface area contributed by atoms with Crippen LogP contribution in [-0.4, -0.2) is 48.1 Å². The standard InChI is InChI=1S/C15H24N2O3/c18-13-11-16-14(19)15(7-1-2-8-15)17(13)9-3-5-12-6-4-10-20-12/h12H,1-11H2,(H,16,19). The number of ether oxygens (including phenoxy) is 1. The second-order valence-electron chi connectivity index (χ2n) is 6.24. The van der Waals surface area contributed by atoms with Gasteiger partial charge in [-0.3, -0.25) is 9.59 Å². The molecule has 3 fully saturated rings. The lowest BCUT2D eigenvalue weighted by Gasteiger charge is -2.43. The molecule has 2 heterocycles. The summed E-state index contributed by atoms with van der Waals surface area (Å²) in [4.78, 5) is 26.3. The fourth-order valence-electron chi connectivity index (χ4n) is 3.92. The first-order valence-corrected chi connectivity index (χ1v) is 7.93. The van der Waals surface area contributed by atoms with E-state index in [4.69, 9.17) is 4.74 Å². The molecule has 3 aliphatic rings. The molecule has 1 spiro atoms. The number of hydrogen-bond donors (Lipinski definition) is 1. The van der Waals surface area contributed by atoms with Gasteiger partial charge in [-0.15, -0.1) is 0 Å². The van der Waals surface area contributed by atoms with Crippen molar-refractivity contribution in [3.05, 3.63) is 0 Å². The van der Waals surface area contributed by atoms with E-state index < -0.39 is 5.54 Å². The van der Waals surface area contributed by atoms with E-state index in [1.807, 2.05) is 4.90 Å². The molecule has 1 atom stereocenters. The van der Waals surface area contributed by atoms with E-state index in [-0.39, 0.29) is 18.4 Å². The first kappa shape index (κ1) is 13.9. The Balaban J connectivity index is 1.61. The Labute approximate surface area is 120 Å². The summed E-state index contributed by atoms with van der Waals surface area (Å²) in [6, 6.07) is 0. The van der Waals surface area contributed by atoms with E-state index in [0.29, 0.717) is 12.6 Å². The number of nitrogens with one attached hydrogen (secondary N) is 1. The molecular weight excluding hydrogens is 256 g/mol. The van der Waals surface area contributed by atoms with E-state index in [1.165, 1.54) is 0 Å². The van der Waals surface area contributed by atoms with E-state index in [1.54, 1.807) is 0 Å². The predicted molar refractivity (Wildman–Crippen MR) is 74.1 cm³/mol. The Bertz CT molecular complexity index is 385. The minimum absolute atomic E-state index is 0.0618. The van der Waals surface area contributed by atoms with Crippen molar-refractivity contribution in [2.75, 3.05) is 19.7 Å². The van der Waals surface area contributed by atoms with Crippen LogP contribution in [0.3, 0.4) is 0 Å². The average Bonchev–Trinajstić information content (AvgIpc) is 3.11. The van der Waals surface area contributed by atoms with Crippen LogP contribution in [0.4, 0.5) is 0 Å². The Hall–Kier alpha value is -1.10. The maximum Gasteiger partial charge on any atom is 0.246 e. The maximum atomic E-state index is 12.3. The zero-order chi connectivity index (χ0) is 14.0. The lowest BCUT2D eigenvalue weighted by molar-refractivity contribution is -0.153. The van der Waals surface area contributed by atoms with Gasteiger partial charge >= 0.3 is 0 Å². The van der Waals surface area contributed by atoms with Crippen molar-refractivity contribution in [1.29, 1.82) is 0 Å². The van der Waals surface area contributed by atoms with Crippen molar-refractivity contribution in [3.63, 3.8) is 0 Å². The third-order valence-electron chi connectivity index (χ3n) is 5.00. The van der Waals surface area contributed by atoms with Gasteiger partial charge in [-0.05, 0) is 38.5 Å². The number of carbonyl (C=O) groups is 2. The summed E-state index contributed by atoms with van der Waals surface area (Å²) in [6.45, 7) is 1.74. The normalized spacial score (nSPS) is 29.2. The van der Waals surface area contributed by atoms with Crippen LogP contribution in [0.25, 0.3) is 0 Å². The molecule has 2 amide bonds. The highest BCUT2D eigenvalue weighted by atomic mass is 16.5. The van der Waals surface area contributed by atoms with E-state index >= 15 is 0 Å². The van der Waals surface area contributed by atoms with Gasteiger partial charge in [0.1, 0.15) is 5.54 Å². The van der Waals surface area contributed by atoms with Crippen LogP contribution in [0.2, 0.25) is 0 Å². The summed E-state index contributed by atoms with van der Waals surface area (Å²) in [5.41, 5.74) is -0.536.